The molecule has 0 N–H and O–H groups in total. The SMILES string of the molecule is CN(C)C=CC(=O)c1cccc[n+]1[O-]. The van der Waals surface area contributed by atoms with E-state index in [0.29, 0.717) is 4.73 Å². The van der Waals surface area contributed by atoms with E-state index in [1.54, 1.807) is 37.3 Å². The number of carbonyl (C=O) groups excluding carboxylic acids is 1. The van der Waals surface area contributed by atoms with Gasteiger partial charge in [-0.25, -0.2) is 0 Å². The monoisotopic (exact) mass is 192 g/mol. The van der Waals surface area contributed by atoms with Gasteiger partial charge in [0.15, 0.2) is 6.20 Å². The summed E-state index contributed by atoms with van der Waals surface area (Å²) in [5.41, 5.74) is 0.130. The van der Waals surface area contributed by atoms with E-state index in [-0.39, 0.29) is 11.5 Å². The summed E-state index contributed by atoms with van der Waals surface area (Å²) in [4.78, 5) is 13.2. The maximum atomic E-state index is 11.4. The largest absolute Gasteiger partial charge is 0.618 e. The van der Waals surface area contributed by atoms with Crippen molar-refractivity contribution in [1.82, 2.24) is 4.90 Å². The number of pyridine rings is 1. The Balaban J connectivity index is 2.85. The second-order valence-electron chi connectivity index (χ2n) is 3.06. The molecule has 0 unspecified atom stereocenters. The Morgan fingerprint density at radius 3 is 2.79 bits per heavy atom. The van der Waals surface area contributed by atoms with Crippen molar-refractivity contribution in [1.29, 1.82) is 0 Å². The Bertz CT molecular complexity index is 359. The molecule has 1 rings (SSSR count). The van der Waals surface area contributed by atoms with E-state index in [9.17, 15) is 10.0 Å². The van der Waals surface area contributed by atoms with E-state index in [4.69, 9.17) is 0 Å². The molecule has 0 atom stereocenters. The summed E-state index contributed by atoms with van der Waals surface area (Å²) in [7, 11) is 3.61. The average Bonchev–Trinajstić information content (AvgIpc) is 2.15. The van der Waals surface area contributed by atoms with Crippen molar-refractivity contribution >= 4 is 5.78 Å². The summed E-state index contributed by atoms with van der Waals surface area (Å²) in [5, 5.41) is 11.2. The Hall–Kier alpha value is -1.84. The minimum atomic E-state index is -0.297. The molecule has 0 aliphatic carbocycles. The molecule has 0 spiro atoms. The summed E-state index contributed by atoms with van der Waals surface area (Å²) in [6.07, 6.45) is 4.27. The molecule has 1 heterocycles. The third-order valence-electron chi connectivity index (χ3n) is 1.60. The molecule has 0 aliphatic rings. The Morgan fingerprint density at radius 1 is 1.50 bits per heavy atom. The van der Waals surface area contributed by atoms with Gasteiger partial charge < -0.3 is 10.1 Å². The summed E-state index contributed by atoms with van der Waals surface area (Å²) >= 11 is 0. The van der Waals surface area contributed by atoms with Crippen LogP contribution in [0.3, 0.4) is 0 Å². The first-order valence-electron chi connectivity index (χ1n) is 4.18. The van der Waals surface area contributed by atoms with Crippen LogP contribution < -0.4 is 4.73 Å². The van der Waals surface area contributed by atoms with Gasteiger partial charge in [-0.3, -0.25) is 4.79 Å². The van der Waals surface area contributed by atoms with Crippen LogP contribution in [0.2, 0.25) is 0 Å². The number of rotatable bonds is 3. The van der Waals surface area contributed by atoms with Crippen LogP contribution in [0.4, 0.5) is 0 Å². The molecule has 1 aromatic rings. The van der Waals surface area contributed by atoms with Crippen LogP contribution >= 0.6 is 0 Å². The zero-order valence-electron chi connectivity index (χ0n) is 8.18. The fourth-order valence-corrected chi connectivity index (χ4v) is 0.921. The van der Waals surface area contributed by atoms with Crippen LogP contribution in [0.1, 0.15) is 10.5 Å². The first-order chi connectivity index (χ1) is 6.61. The van der Waals surface area contributed by atoms with Crippen LogP contribution in [0.25, 0.3) is 0 Å². The molecule has 1 aromatic heterocycles. The predicted molar refractivity (Wildman–Crippen MR) is 52.6 cm³/mol. The molecular formula is C10H12N2O2. The Labute approximate surface area is 82.7 Å². The Morgan fingerprint density at radius 2 is 2.21 bits per heavy atom. The molecule has 0 saturated carbocycles. The maximum Gasteiger partial charge on any atom is 0.264 e. The van der Waals surface area contributed by atoms with Crippen molar-refractivity contribution < 1.29 is 9.52 Å². The van der Waals surface area contributed by atoms with E-state index < -0.39 is 0 Å². The molecule has 4 nitrogen and oxygen atoms in total. The molecule has 0 amide bonds. The van der Waals surface area contributed by atoms with Crippen molar-refractivity contribution in [2.75, 3.05) is 14.1 Å². The average molecular weight is 192 g/mol. The van der Waals surface area contributed by atoms with E-state index in [1.165, 1.54) is 18.3 Å². The van der Waals surface area contributed by atoms with Crippen molar-refractivity contribution in [3.05, 3.63) is 47.6 Å². The standard InChI is InChI=1S/C10H12N2O2/c1-11(2)8-6-10(13)9-5-3-4-7-12(9)14/h3-8H,1-2H3. The van der Waals surface area contributed by atoms with Gasteiger partial charge in [0.1, 0.15) is 0 Å². The summed E-state index contributed by atoms with van der Waals surface area (Å²) in [6.45, 7) is 0. The molecule has 14 heavy (non-hydrogen) atoms. The number of carbonyl (C=O) groups is 1. The number of hydrogen-bond acceptors (Lipinski definition) is 3. The van der Waals surface area contributed by atoms with Gasteiger partial charge in [0, 0.05) is 38.5 Å². The fourth-order valence-electron chi connectivity index (χ4n) is 0.921. The van der Waals surface area contributed by atoms with Crippen LogP contribution in [0.5, 0.6) is 0 Å². The number of ketones is 1. The number of hydrogen-bond donors (Lipinski definition) is 0. The lowest BCUT2D eigenvalue weighted by Crippen LogP contribution is -2.33. The summed E-state index contributed by atoms with van der Waals surface area (Å²) in [5.74, 6) is -0.297. The first kappa shape index (κ1) is 10.2. The van der Waals surface area contributed by atoms with Crippen molar-refractivity contribution in [3.63, 3.8) is 0 Å². The number of allylic oxidation sites excluding steroid dienone is 1. The van der Waals surface area contributed by atoms with E-state index in [0.717, 1.165) is 0 Å². The second-order valence-corrected chi connectivity index (χ2v) is 3.06. The van der Waals surface area contributed by atoms with Crippen LogP contribution in [-0.4, -0.2) is 24.8 Å². The van der Waals surface area contributed by atoms with Crippen LogP contribution in [0.15, 0.2) is 36.7 Å². The van der Waals surface area contributed by atoms with E-state index in [1.807, 2.05) is 0 Å². The maximum absolute atomic E-state index is 11.4. The van der Waals surface area contributed by atoms with Crippen LogP contribution in [-0.2, 0) is 0 Å². The molecule has 0 bridgehead atoms. The molecule has 0 aliphatic heterocycles. The lowest BCUT2D eigenvalue weighted by atomic mass is 10.2. The third-order valence-corrected chi connectivity index (χ3v) is 1.60. The molecule has 0 saturated heterocycles. The lowest BCUT2D eigenvalue weighted by molar-refractivity contribution is -0.607. The van der Waals surface area contributed by atoms with Gasteiger partial charge in [0.2, 0.25) is 0 Å². The molecule has 74 valence electrons. The fraction of sp³-hybridized carbons (Fsp3) is 0.200. The van der Waals surface area contributed by atoms with Crippen molar-refractivity contribution in [2.45, 2.75) is 0 Å². The van der Waals surface area contributed by atoms with E-state index in [2.05, 4.69) is 0 Å². The third kappa shape index (κ3) is 2.58. The van der Waals surface area contributed by atoms with Gasteiger partial charge >= 0.3 is 0 Å². The van der Waals surface area contributed by atoms with E-state index >= 15 is 0 Å². The van der Waals surface area contributed by atoms with Gasteiger partial charge in [-0.1, -0.05) is 0 Å². The molecule has 0 aromatic carbocycles. The Kier molecular flexibility index (Phi) is 3.23. The van der Waals surface area contributed by atoms with Gasteiger partial charge in [-0.05, 0) is 6.07 Å². The normalized spacial score (nSPS) is 10.4. The molecule has 0 fully saturated rings. The zero-order chi connectivity index (χ0) is 10.6. The highest BCUT2D eigenvalue weighted by Gasteiger charge is 2.10. The van der Waals surface area contributed by atoms with Gasteiger partial charge in [0.05, 0.1) is 0 Å². The topological polar surface area (TPSA) is 47.2 Å². The molecular weight excluding hydrogens is 180 g/mol. The predicted octanol–water partition coefficient (Wildman–Crippen LogP) is 0.578. The summed E-state index contributed by atoms with van der Waals surface area (Å²) in [6, 6.07) is 4.74. The van der Waals surface area contributed by atoms with Gasteiger partial charge in [0.25, 0.3) is 11.5 Å². The summed E-state index contributed by atoms with van der Waals surface area (Å²) < 4.78 is 0.558. The molecule has 4 heteroatoms. The highest BCUT2D eigenvalue weighted by Crippen LogP contribution is 1.94. The van der Waals surface area contributed by atoms with Crippen LogP contribution in [0, 0.1) is 5.21 Å². The highest BCUT2D eigenvalue weighted by molar-refractivity contribution is 6.01. The minimum absolute atomic E-state index is 0.130. The second kappa shape index (κ2) is 4.41. The lowest BCUT2D eigenvalue weighted by Gasteiger charge is -2.03. The van der Waals surface area contributed by atoms with Gasteiger partial charge in [-0.15, -0.1) is 0 Å². The minimum Gasteiger partial charge on any atom is -0.618 e. The zero-order valence-corrected chi connectivity index (χ0v) is 8.18. The van der Waals surface area contributed by atoms with Crippen molar-refractivity contribution in [3.8, 4) is 0 Å². The first-order valence-corrected chi connectivity index (χ1v) is 4.18. The molecule has 0 radical (unpaired) electrons. The smallest absolute Gasteiger partial charge is 0.264 e. The van der Waals surface area contributed by atoms with Crippen molar-refractivity contribution in [2.24, 2.45) is 0 Å². The quantitative estimate of drug-likeness (QED) is 0.304. The highest BCUT2D eigenvalue weighted by atomic mass is 16.5. The number of aromatic nitrogens is 1. The number of nitrogens with zero attached hydrogens (tertiary/aromatic N) is 2. The van der Waals surface area contributed by atoms with Gasteiger partial charge in [-0.2, -0.15) is 4.73 Å².